The van der Waals surface area contributed by atoms with Crippen LogP contribution in [0.3, 0.4) is 0 Å². The van der Waals surface area contributed by atoms with Crippen molar-refractivity contribution >= 4 is 75.0 Å². The Balaban J connectivity index is 1.28. The number of hydrogen-bond donors (Lipinski definition) is 0. The molecule has 5 heteroatoms. The Morgan fingerprint density at radius 2 is 1.40 bits per heavy atom. The summed E-state index contributed by atoms with van der Waals surface area (Å²) in [7, 11) is 0. The van der Waals surface area contributed by atoms with Crippen LogP contribution in [0.25, 0.3) is 80.9 Å². The minimum atomic E-state index is 0.320. The predicted molar refractivity (Wildman–Crippen MR) is 177 cm³/mol. The van der Waals surface area contributed by atoms with Gasteiger partial charge in [0.05, 0.1) is 22.2 Å². The molecule has 202 valence electrons. The van der Waals surface area contributed by atoms with Crippen LogP contribution in [0.1, 0.15) is 9.49 Å². The largest absolute Gasteiger partial charge is 0.287 e. The molecule has 6 aromatic carbocycles. The average molecular weight is 681 g/mol. The lowest BCUT2D eigenvalue weighted by Gasteiger charge is -2.12. The molecule has 43 heavy (non-hydrogen) atoms. The van der Waals surface area contributed by atoms with E-state index in [0.29, 0.717) is 27.2 Å². The van der Waals surface area contributed by atoms with Crippen LogP contribution in [0.15, 0.2) is 121 Å². The van der Waals surface area contributed by atoms with Gasteiger partial charge in [-0.1, -0.05) is 84.9 Å². The maximum Gasteiger partial charge on any atom is 0.287 e. The Labute approximate surface area is 261 Å². The minimum absolute atomic E-state index is 0.320. The van der Waals surface area contributed by atoms with Crippen LogP contribution in [0, 0.1) is 0 Å². The number of benzene rings is 6. The second-order valence-corrected chi connectivity index (χ2v) is 15.6. The van der Waals surface area contributed by atoms with Crippen molar-refractivity contribution in [3.63, 3.8) is 0 Å². The highest BCUT2D eigenvalue weighted by Gasteiger charge is 2.45. The van der Waals surface area contributed by atoms with Crippen LogP contribution in [0.4, 0.5) is 0 Å². The Morgan fingerprint density at radius 3 is 2.30 bits per heavy atom. The number of thiophene rings is 1. The average Bonchev–Trinajstić information content (AvgIpc) is 3.77. The van der Waals surface area contributed by atoms with Gasteiger partial charge in [0.25, 0.3) is 21.2 Å². The second-order valence-electron chi connectivity index (χ2n) is 11.3. The van der Waals surface area contributed by atoms with Crippen molar-refractivity contribution in [3.05, 3.63) is 127 Å². The van der Waals surface area contributed by atoms with E-state index in [9.17, 15) is 0 Å². The lowest BCUT2D eigenvalue weighted by Crippen LogP contribution is -3.46. The summed E-state index contributed by atoms with van der Waals surface area (Å²) < 4.78 is 7.07. The molecule has 0 saturated carbocycles. The van der Waals surface area contributed by atoms with Crippen LogP contribution in [-0.2, 0) is 0 Å². The molecule has 4 heterocycles. The molecule has 3 nitrogen and oxygen atoms in total. The lowest BCUT2D eigenvalue weighted by molar-refractivity contribution is -0.499. The number of nitrogens with zero attached hydrogens (tertiary/aromatic N) is 3. The highest BCUT2D eigenvalue weighted by atomic mass is 127. The minimum Gasteiger partial charge on any atom is -0.278 e. The number of hydrogen-bond acceptors (Lipinski definition) is 3. The summed E-state index contributed by atoms with van der Waals surface area (Å²) in [4.78, 5) is 10.6. The lowest BCUT2D eigenvalue weighted by atomic mass is 10.0. The first kappa shape index (κ1) is 24.1. The predicted octanol–water partition coefficient (Wildman–Crippen LogP) is 7.06. The van der Waals surface area contributed by atoms with Gasteiger partial charge >= 0.3 is 0 Å². The van der Waals surface area contributed by atoms with Crippen LogP contribution < -0.4 is 21.2 Å². The first-order chi connectivity index (χ1) is 21.3. The molecule has 10 rings (SSSR count). The van der Waals surface area contributed by atoms with Gasteiger partial charge in [-0.2, -0.15) is 0 Å². The Morgan fingerprint density at radius 1 is 0.628 bits per heavy atom. The molecule has 0 aliphatic carbocycles. The smallest absolute Gasteiger partial charge is 0.278 e. The van der Waals surface area contributed by atoms with E-state index in [4.69, 9.17) is 9.97 Å². The maximum absolute atomic E-state index is 5.39. The quantitative estimate of drug-likeness (QED) is 0.148. The second kappa shape index (κ2) is 9.09. The third kappa shape index (κ3) is 3.65. The molecule has 1 aliphatic rings. The Bertz CT molecular complexity index is 2590. The van der Waals surface area contributed by atoms with Crippen LogP contribution >= 0.6 is 11.3 Å². The van der Waals surface area contributed by atoms with Crippen molar-refractivity contribution in [1.82, 2.24) is 14.5 Å². The Hall–Kier alpha value is -4.33. The van der Waals surface area contributed by atoms with Crippen molar-refractivity contribution in [1.29, 1.82) is 0 Å². The first-order valence-corrected chi connectivity index (χ1v) is 18.1. The van der Waals surface area contributed by atoms with E-state index < -0.39 is 0 Å². The molecule has 1 fully saturated rings. The molecule has 9 aromatic rings. The molecule has 0 N–H and O–H groups in total. The first-order valence-electron chi connectivity index (χ1n) is 14.5. The van der Waals surface area contributed by atoms with E-state index in [1.54, 1.807) is 0 Å². The fraction of sp³-hybridized carbons (Fsp3) is 0.0526. The number of fused-ring (bicyclic) bond motifs is 9. The monoisotopic (exact) mass is 680 g/mol. The number of alkyl halides is 2. The highest BCUT2D eigenvalue weighted by Crippen LogP contribution is 2.40. The molecule has 1 saturated heterocycles. The van der Waals surface area contributed by atoms with Crippen molar-refractivity contribution in [2.45, 2.75) is 3.92 Å². The van der Waals surface area contributed by atoms with Crippen molar-refractivity contribution in [2.75, 3.05) is 4.43 Å². The molecule has 1 unspecified atom stereocenters. The van der Waals surface area contributed by atoms with E-state index in [0.717, 1.165) is 37.1 Å². The van der Waals surface area contributed by atoms with Gasteiger partial charge in [-0.25, -0.2) is 9.97 Å². The normalized spacial score (nSPS) is 15.0. The fourth-order valence-corrected chi connectivity index (χ4v) is 9.50. The SMILES string of the molecule is c1ccc2c(c1)ccc1c2c2cc(C3C[I+]3)ccc2n1-c1nc(-c2ccc3c(c2)sc2ccccc23)c2ccccc2n1. The molecular weight excluding hydrogens is 657 g/mol. The van der Waals surface area contributed by atoms with Gasteiger partial charge in [-0.15, -0.1) is 11.3 Å². The zero-order valence-electron chi connectivity index (χ0n) is 23.0. The molecule has 1 aliphatic heterocycles. The van der Waals surface area contributed by atoms with Gasteiger partial charge in [0, 0.05) is 47.5 Å². The molecular formula is C38H23IN3S+. The summed E-state index contributed by atoms with van der Waals surface area (Å²) in [6.45, 7) is 0. The summed E-state index contributed by atoms with van der Waals surface area (Å²) in [5, 5.41) is 8.80. The number of para-hydroxylation sites is 1. The molecule has 3 aromatic heterocycles. The van der Waals surface area contributed by atoms with Gasteiger partial charge in [0.1, 0.15) is 0 Å². The molecule has 0 spiro atoms. The van der Waals surface area contributed by atoms with Gasteiger partial charge in [0.15, 0.2) is 4.43 Å². The van der Waals surface area contributed by atoms with Crippen molar-refractivity contribution in [3.8, 4) is 17.2 Å². The van der Waals surface area contributed by atoms with Crippen LogP contribution in [-0.4, -0.2) is 19.0 Å². The standard InChI is InChI=1S/C38H23IN3S/c1-2-8-25-22(7-1)14-18-33-36(25)29-19-23(30-21-39-30)15-17-32(29)42(33)38-40-31-11-5-3-10-28(31)37(41-38)24-13-16-27-26-9-4-6-12-34(26)43-35(27)20-24/h1-20,30H,21H2/q+1. The van der Waals surface area contributed by atoms with E-state index in [-0.39, 0.29) is 0 Å². The third-order valence-corrected chi connectivity index (χ3v) is 12.4. The number of aromatic nitrogens is 3. The zero-order chi connectivity index (χ0) is 28.1. The van der Waals surface area contributed by atoms with E-state index in [2.05, 4.69) is 126 Å². The summed E-state index contributed by atoms with van der Waals surface area (Å²) in [6, 6.07) is 44.2. The topological polar surface area (TPSA) is 30.7 Å². The van der Waals surface area contributed by atoms with Gasteiger partial charge in [-0.05, 0) is 47.2 Å². The maximum atomic E-state index is 5.39. The molecule has 0 radical (unpaired) electrons. The fourth-order valence-electron chi connectivity index (χ4n) is 6.70. The van der Waals surface area contributed by atoms with Crippen LogP contribution in [0.5, 0.6) is 0 Å². The summed E-state index contributed by atoms with van der Waals surface area (Å²) in [5.74, 6) is 0.715. The van der Waals surface area contributed by atoms with Crippen LogP contribution in [0.2, 0.25) is 0 Å². The van der Waals surface area contributed by atoms with Gasteiger partial charge < -0.3 is 0 Å². The number of rotatable bonds is 3. The highest BCUT2D eigenvalue weighted by molar-refractivity contribution is 7.25. The third-order valence-electron chi connectivity index (χ3n) is 8.79. The molecule has 0 amide bonds. The van der Waals surface area contributed by atoms with Crippen molar-refractivity contribution in [2.24, 2.45) is 0 Å². The van der Waals surface area contributed by atoms with E-state index >= 15 is 0 Å². The molecule has 0 bridgehead atoms. The van der Waals surface area contributed by atoms with Crippen molar-refractivity contribution < 1.29 is 21.2 Å². The molecule has 1 atom stereocenters. The Kier molecular flexibility index (Phi) is 5.10. The zero-order valence-corrected chi connectivity index (χ0v) is 25.9. The van der Waals surface area contributed by atoms with E-state index in [1.807, 2.05) is 11.3 Å². The summed E-state index contributed by atoms with van der Waals surface area (Å²) in [6.07, 6.45) is 0. The number of halogens is 1. The summed E-state index contributed by atoms with van der Waals surface area (Å²) >= 11 is 2.16. The van der Waals surface area contributed by atoms with Gasteiger partial charge in [-0.3, -0.25) is 4.57 Å². The van der Waals surface area contributed by atoms with E-state index in [1.165, 1.54) is 51.7 Å². The van der Waals surface area contributed by atoms with Gasteiger partial charge in [0.2, 0.25) is 9.87 Å². The summed E-state index contributed by atoms with van der Waals surface area (Å²) in [5.41, 5.74) is 6.84.